The summed E-state index contributed by atoms with van der Waals surface area (Å²) < 4.78 is 0. The van der Waals surface area contributed by atoms with Crippen LogP contribution in [0.2, 0.25) is 0 Å². The van der Waals surface area contributed by atoms with Crippen LogP contribution in [0.3, 0.4) is 0 Å². The van der Waals surface area contributed by atoms with Crippen LogP contribution in [0.5, 0.6) is 0 Å². The van der Waals surface area contributed by atoms with Crippen LogP contribution < -0.4 is 0 Å². The van der Waals surface area contributed by atoms with E-state index in [1.54, 1.807) is 0 Å². The molecule has 0 N–H and O–H groups in total. The number of carbonyl (C=O) groups excluding carboxylic acids is 2. The smallest absolute Gasteiger partial charge is 0.271 e. The lowest BCUT2D eigenvalue weighted by atomic mass is 10.1. The first kappa shape index (κ1) is 13.7. The number of fused-ring (bicyclic) bond motifs is 1. The quantitative estimate of drug-likeness (QED) is 0.362. The topological polar surface area (TPSA) is 80.5 Å². The van der Waals surface area contributed by atoms with Crippen molar-refractivity contribution in [1.82, 2.24) is 4.90 Å². The summed E-state index contributed by atoms with van der Waals surface area (Å²) in [6.45, 7) is 0. The molecule has 21 heavy (non-hydrogen) atoms. The fraction of sp³-hybridized carbons (Fsp3) is 0.467. The van der Waals surface area contributed by atoms with Gasteiger partial charge < -0.3 is 0 Å². The molecule has 2 aliphatic rings. The van der Waals surface area contributed by atoms with Crippen molar-refractivity contribution in [3.63, 3.8) is 0 Å². The normalized spacial score (nSPS) is 19.5. The molecule has 1 fully saturated rings. The second kappa shape index (κ2) is 5.27. The van der Waals surface area contributed by atoms with Crippen LogP contribution >= 0.6 is 0 Å². The lowest BCUT2D eigenvalue weighted by Crippen LogP contribution is -2.39. The average molecular weight is 288 g/mol. The molecule has 0 bridgehead atoms. The van der Waals surface area contributed by atoms with E-state index >= 15 is 0 Å². The number of nitrogens with zero attached hydrogens (tertiary/aromatic N) is 2. The highest BCUT2D eigenvalue weighted by Crippen LogP contribution is 2.34. The maximum absolute atomic E-state index is 12.5. The molecule has 110 valence electrons. The first-order valence-corrected chi connectivity index (χ1v) is 7.26. The van der Waals surface area contributed by atoms with Crippen molar-refractivity contribution in [3.8, 4) is 0 Å². The Balaban J connectivity index is 2.00. The molecular weight excluding hydrogens is 272 g/mol. The number of hydrogen-bond acceptors (Lipinski definition) is 4. The van der Waals surface area contributed by atoms with E-state index in [0.717, 1.165) is 38.5 Å². The number of benzene rings is 1. The molecule has 6 heteroatoms. The molecular formula is C15H16N2O4. The molecule has 1 aromatic rings. The van der Waals surface area contributed by atoms with E-state index in [-0.39, 0.29) is 28.8 Å². The van der Waals surface area contributed by atoms with Crippen molar-refractivity contribution >= 4 is 17.5 Å². The van der Waals surface area contributed by atoms with E-state index in [2.05, 4.69) is 0 Å². The Labute approximate surface area is 121 Å². The number of rotatable bonds is 2. The molecule has 0 radical (unpaired) electrons. The number of nitro groups is 1. The van der Waals surface area contributed by atoms with Gasteiger partial charge in [-0.15, -0.1) is 0 Å². The summed E-state index contributed by atoms with van der Waals surface area (Å²) in [4.78, 5) is 36.8. The van der Waals surface area contributed by atoms with Gasteiger partial charge in [-0.2, -0.15) is 0 Å². The molecule has 1 aliphatic carbocycles. The summed E-state index contributed by atoms with van der Waals surface area (Å²) >= 11 is 0. The minimum Gasteiger partial charge on any atom is -0.271 e. The maximum Gasteiger partial charge on any atom is 0.282 e. The standard InChI is InChI=1S/C15H16N2O4/c18-14-11-8-5-9-12(17(20)21)13(11)15(19)16(14)10-6-3-1-2-4-7-10/h5,8-10H,1-4,6-7H2. The highest BCUT2D eigenvalue weighted by molar-refractivity contribution is 6.23. The fourth-order valence-electron chi connectivity index (χ4n) is 3.29. The van der Waals surface area contributed by atoms with Gasteiger partial charge in [-0.05, 0) is 18.9 Å². The summed E-state index contributed by atoms with van der Waals surface area (Å²) in [5.74, 6) is -0.889. The predicted molar refractivity (Wildman–Crippen MR) is 75.1 cm³/mol. The third kappa shape index (κ3) is 2.20. The van der Waals surface area contributed by atoms with Gasteiger partial charge in [-0.25, -0.2) is 0 Å². The molecule has 0 spiro atoms. The lowest BCUT2D eigenvalue weighted by molar-refractivity contribution is -0.385. The van der Waals surface area contributed by atoms with Gasteiger partial charge in [0.05, 0.1) is 10.5 Å². The molecule has 1 aliphatic heterocycles. The third-order valence-corrected chi connectivity index (χ3v) is 4.31. The Kier molecular flexibility index (Phi) is 3.45. The van der Waals surface area contributed by atoms with Crippen molar-refractivity contribution in [1.29, 1.82) is 0 Å². The van der Waals surface area contributed by atoms with Crippen molar-refractivity contribution in [2.24, 2.45) is 0 Å². The molecule has 1 heterocycles. The van der Waals surface area contributed by atoms with E-state index in [1.807, 2.05) is 0 Å². The summed E-state index contributed by atoms with van der Waals surface area (Å²) in [5, 5.41) is 11.1. The second-order valence-electron chi connectivity index (χ2n) is 5.58. The SMILES string of the molecule is O=C1c2cccc([N+](=O)[O-])c2C(=O)N1C1CCCCCC1. The van der Waals surface area contributed by atoms with Gasteiger partial charge in [0, 0.05) is 12.1 Å². The van der Waals surface area contributed by atoms with Crippen LogP contribution in [-0.2, 0) is 0 Å². The van der Waals surface area contributed by atoms with Crippen LogP contribution in [-0.4, -0.2) is 27.7 Å². The summed E-state index contributed by atoms with van der Waals surface area (Å²) in [5.41, 5.74) is -0.155. The molecule has 0 aromatic heterocycles. The van der Waals surface area contributed by atoms with Crippen LogP contribution in [0.1, 0.15) is 59.2 Å². The van der Waals surface area contributed by atoms with Gasteiger partial charge in [0.25, 0.3) is 17.5 Å². The van der Waals surface area contributed by atoms with Crippen molar-refractivity contribution in [2.45, 2.75) is 44.6 Å². The Hall–Kier alpha value is -2.24. The molecule has 0 atom stereocenters. The number of carbonyl (C=O) groups is 2. The van der Waals surface area contributed by atoms with Gasteiger partial charge in [-0.1, -0.05) is 31.7 Å². The number of nitro benzene ring substituents is 1. The Morgan fingerprint density at radius 1 is 1.05 bits per heavy atom. The van der Waals surface area contributed by atoms with Crippen LogP contribution in [0.4, 0.5) is 5.69 Å². The van der Waals surface area contributed by atoms with Crippen molar-refractivity contribution < 1.29 is 14.5 Å². The minimum atomic E-state index is -0.597. The molecule has 0 saturated heterocycles. The van der Waals surface area contributed by atoms with E-state index < -0.39 is 10.8 Å². The van der Waals surface area contributed by atoms with Gasteiger partial charge in [0.15, 0.2) is 0 Å². The van der Waals surface area contributed by atoms with E-state index in [4.69, 9.17) is 0 Å². The number of imide groups is 1. The molecule has 1 aromatic carbocycles. The first-order valence-electron chi connectivity index (χ1n) is 7.26. The number of hydrogen-bond donors (Lipinski definition) is 0. The van der Waals surface area contributed by atoms with Gasteiger partial charge >= 0.3 is 0 Å². The van der Waals surface area contributed by atoms with E-state index in [0.29, 0.717) is 0 Å². The molecule has 3 rings (SSSR count). The first-order chi connectivity index (χ1) is 10.1. The second-order valence-corrected chi connectivity index (χ2v) is 5.58. The highest BCUT2D eigenvalue weighted by Gasteiger charge is 2.43. The monoisotopic (exact) mass is 288 g/mol. The molecule has 6 nitrogen and oxygen atoms in total. The zero-order chi connectivity index (χ0) is 15.0. The van der Waals surface area contributed by atoms with Gasteiger partial charge in [0.1, 0.15) is 5.56 Å². The predicted octanol–water partition coefficient (Wildman–Crippen LogP) is 2.91. The van der Waals surface area contributed by atoms with Gasteiger partial charge in [-0.3, -0.25) is 24.6 Å². The minimum absolute atomic E-state index is 0.0447. The van der Waals surface area contributed by atoms with Crippen LogP contribution in [0.15, 0.2) is 18.2 Å². The summed E-state index contributed by atoms with van der Waals surface area (Å²) in [6, 6.07) is 4.11. The largest absolute Gasteiger partial charge is 0.282 e. The van der Waals surface area contributed by atoms with Crippen molar-refractivity contribution in [3.05, 3.63) is 39.4 Å². The zero-order valence-corrected chi connectivity index (χ0v) is 11.6. The Morgan fingerprint density at radius 3 is 2.33 bits per heavy atom. The number of amides is 2. The molecule has 0 unspecified atom stereocenters. The Bertz CT molecular complexity index is 618. The lowest BCUT2D eigenvalue weighted by Gasteiger charge is -2.24. The third-order valence-electron chi connectivity index (χ3n) is 4.31. The van der Waals surface area contributed by atoms with E-state index in [9.17, 15) is 19.7 Å². The maximum atomic E-state index is 12.5. The highest BCUT2D eigenvalue weighted by atomic mass is 16.6. The molecule has 2 amide bonds. The van der Waals surface area contributed by atoms with Crippen molar-refractivity contribution in [2.75, 3.05) is 0 Å². The fourth-order valence-corrected chi connectivity index (χ4v) is 3.29. The molecule has 1 saturated carbocycles. The van der Waals surface area contributed by atoms with Crippen LogP contribution in [0.25, 0.3) is 0 Å². The summed E-state index contributed by atoms with van der Waals surface area (Å²) in [7, 11) is 0. The zero-order valence-electron chi connectivity index (χ0n) is 11.6. The average Bonchev–Trinajstić information content (AvgIpc) is 2.66. The van der Waals surface area contributed by atoms with E-state index in [1.165, 1.54) is 23.1 Å². The summed E-state index contributed by atoms with van der Waals surface area (Å²) in [6.07, 6.45) is 5.78. The van der Waals surface area contributed by atoms with Gasteiger partial charge in [0.2, 0.25) is 0 Å². The van der Waals surface area contributed by atoms with Crippen LogP contribution in [0, 0.1) is 10.1 Å². The Morgan fingerprint density at radius 2 is 1.71 bits per heavy atom.